The molecular formula is C30H32F2N6O5S. The zero-order valence-electron chi connectivity index (χ0n) is 24.3. The highest BCUT2D eigenvalue weighted by atomic mass is 32.2. The molecule has 4 aromatic rings. The number of nitrogens with zero attached hydrogens (tertiary/aromatic N) is 4. The van der Waals surface area contributed by atoms with Crippen molar-refractivity contribution < 1.29 is 31.8 Å². The van der Waals surface area contributed by atoms with Crippen LogP contribution < -0.4 is 14.8 Å². The van der Waals surface area contributed by atoms with Gasteiger partial charge in [0.25, 0.3) is 0 Å². The van der Waals surface area contributed by atoms with Crippen molar-refractivity contribution in [3.8, 4) is 22.9 Å². The molecule has 1 saturated heterocycles. The predicted molar refractivity (Wildman–Crippen MR) is 163 cm³/mol. The lowest BCUT2D eigenvalue weighted by molar-refractivity contribution is 0.102. The van der Waals surface area contributed by atoms with Crippen LogP contribution in [0.4, 0.5) is 25.2 Å². The van der Waals surface area contributed by atoms with Gasteiger partial charge in [-0.25, -0.2) is 36.9 Å². The van der Waals surface area contributed by atoms with Crippen LogP contribution in [-0.2, 0) is 10.0 Å². The first-order chi connectivity index (χ1) is 20.9. The second-order valence-corrected chi connectivity index (χ2v) is 12.9. The molecule has 1 fully saturated rings. The predicted octanol–water partition coefficient (Wildman–Crippen LogP) is 5.83. The molecule has 3 heterocycles. The molecule has 0 spiro atoms. The number of aromatic nitrogens is 3. The minimum absolute atomic E-state index is 0.0845. The zero-order valence-corrected chi connectivity index (χ0v) is 25.1. The summed E-state index contributed by atoms with van der Waals surface area (Å²) >= 11 is 0. The van der Waals surface area contributed by atoms with Gasteiger partial charge in [-0.05, 0) is 48.7 Å². The molecule has 2 aromatic heterocycles. The number of amides is 1. The monoisotopic (exact) mass is 626 g/mol. The Morgan fingerprint density at radius 3 is 2.64 bits per heavy atom. The molecule has 5 rings (SSSR count). The summed E-state index contributed by atoms with van der Waals surface area (Å²) in [6, 6.07) is 10.6. The maximum absolute atomic E-state index is 15.0. The molecule has 14 heteroatoms. The molecule has 3 N–H and O–H groups in total. The second-order valence-electron chi connectivity index (χ2n) is 11.1. The SMILES string of the molecule is Cc1ccc2c(NS(=O)(=O)CC(C)C)c(F)ccc2c1Oc1ncccc1-c1ccnc(N[C@H]2C[C@H](F)CN(C(=O)O)C2)n1. The summed E-state index contributed by atoms with van der Waals surface area (Å²) in [5.41, 5.74) is 1.45. The maximum Gasteiger partial charge on any atom is 0.407 e. The lowest BCUT2D eigenvalue weighted by Gasteiger charge is -2.33. The summed E-state index contributed by atoms with van der Waals surface area (Å²) in [5, 5.41) is 13.1. The molecule has 1 amide bonds. The van der Waals surface area contributed by atoms with Gasteiger partial charge in [0.2, 0.25) is 21.9 Å². The molecule has 0 saturated carbocycles. The third-order valence-electron chi connectivity index (χ3n) is 7.01. The van der Waals surface area contributed by atoms with E-state index in [4.69, 9.17) is 4.74 Å². The van der Waals surface area contributed by atoms with Crippen LogP contribution in [0.25, 0.3) is 22.0 Å². The van der Waals surface area contributed by atoms with Crippen molar-refractivity contribution >= 4 is 38.5 Å². The number of hydrogen-bond acceptors (Lipinski definition) is 8. The van der Waals surface area contributed by atoms with Gasteiger partial charge in [0.1, 0.15) is 17.7 Å². The summed E-state index contributed by atoms with van der Waals surface area (Å²) in [5.74, 6) is -0.339. The number of nitrogens with one attached hydrogen (secondary N) is 2. The number of aryl methyl sites for hydroxylation is 1. The number of likely N-dealkylation sites (tertiary alicyclic amines) is 1. The molecule has 232 valence electrons. The number of sulfonamides is 1. The molecule has 44 heavy (non-hydrogen) atoms. The molecule has 0 unspecified atom stereocenters. The Morgan fingerprint density at radius 1 is 1.11 bits per heavy atom. The number of anilines is 2. The van der Waals surface area contributed by atoms with Crippen LogP contribution in [0.2, 0.25) is 0 Å². The van der Waals surface area contributed by atoms with Gasteiger partial charge >= 0.3 is 6.09 Å². The fourth-order valence-corrected chi connectivity index (χ4v) is 6.64. The van der Waals surface area contributed by atoms with Crippen molar-refractivity contribution in [2.75, 3.05) is 28.9 Å². The van der Waals surface area contributed by atoms with Gasteiger partial charge in [0.15, 0.2) is 0 Å². The average Bonchev–Trinajstić information content (AvgIpc) is 2.95. The van der Waals surface area contributed by atoms with Crippen LogP contribution in [0, 0.1) is 18.7 Å². The van der Waals surface area contributed by atoms with Crippen LogP contribution in [0.1, 0.15) is 25.8 Å². The lowest BCUT2D eigenvalue weighted by atomic mass is 10.0. The van der Waals surface area contributed by atoms with Crippen LogP contribution in [0.5, 0.6) is 11.6 Å². The van der Waals surface area contributed by atoms with Gasteiger partial charge in [0.05, 0.1) is 29.2 Å². The highest BCUT2D eigenvalue weighted by Gasteiger charge is 2.30. The Kier molecular flexibility index (Phi) is 8.81. The van der Waals surface area contributed by atoms with E-state index in [2.05, 4.69) is 25.0 Å². The van der Waals surface area contributed by atoms with Crippen LogP contribution in [0.15, 0.2) is 54.9 Å². The number of rotatable bonds is 9. The molecule has 0 bridgehead atoms. The topological polar surface area (TPSA) is 147 Å². The third-order valence-corrected chi connectivity index (χ3v) is 8.63. The van der Waals surface area contributed by atoms with E-state index in [9.17, 15) is 27.1 Å². The number of halogens is 2. The van der Waals surface area contributed by atoms with E-state index < -0.39 is 34.1 Å². The molecule has 1 aliphatic heterocycles. The fourth-order valence-electron chi connectivity index (χ4n) is 5.16. The maximum atomic E-state index is 15.0. The summed E-state index contributed by atoms with van der Waals surface area (Å²) in [7, 11) is -3.81. The number of hydrogen-bond donors (Lipinski definition) is 3. The number of fused-ring (bicyclic) bond motifs is 1. The fraction of sp³-hybridized carbons (Fsp3) is 0.333. The van der Waals surface area contributed by atoms with Crippen LogP contribution in [-0.4, -0.2) is 70.5 Å². The first-order valence-electron chi connectivity index (χ1n) is 14.0. The van der Waals surface area contributed by atoms with Crippen LogP contribution in [0.3, 0.4) is 0 Å². The number of piperidine rings is 1. The van der Waals surface area contributed by atoms with Gasteiger partial charge in [-0.1, -0.05) is 26.0 Å². The largest absolute Gasteiger partial charge is 0.465 e. The molecule has 0 radical (unpaired) electrons. The van der Waals surface area contributed by atoms with Crippen molar-refractivity contribution in [1.29, 1.82) is 0 Å². The lowest BCUT2D eigenvalue weighted by Crippen LogP contribution is -2.49. The van der Waals surface area contributed by atoms with E-state index in [1.165, 1.54) is 24.5 Å². The van der Waals surface area contributed by atoms with Crippen molar-refractivity contribution in [3.05, 3.63) is 66.2 Å². The minimum atomic E-state index is -3.81. The van der Waals surface area contributed by atoms with E-state index in [0.717, 1.165) is 4.90 Å². The highest BCUT2D eigenvalue weighted by Crippen LogP contribution is 2.39. The standard InChI is InChI=1S/C30H32F2N6O5S/c1-17(2)16-44(41,42)37-26-21-7-6-18(3)27(22(21)8-9-24(26)32)43-28-23(5-4-11-33-28)25-10-12-34-29(36-25)35-20-13-19(31)14-38(15-20)30(39)40/h4-12,17,19-20,37H,13-16H2,1-3H3,(H,39,40)(H,34,35,36)/t19-,20-/m0/s1. The van der Waals surface area contributed by atoms with Gasteiger partial charge < -0.3 is 20.1 Å². The third kappa shape index (κ3) is 6.96. The first kappa shape index (κ1) is 30.9. The summed E-state index contributed by atoms with van der Waals surface area (Å²) < 4.78 is 63.3. The van der Waals surface area contributed by atoms with E-state index >= 15 is 0 Å². The van der Waals surface area contributed by atoms with Gasteiger partial charge in [-0.15, -0.1) is 0 Å². The summed E-state index contributed by atoms with van der Waals surface area (Å²) in [4.78, 5) is 25.6. The van der Waals surface area contributed by atoms with Gasteiger partial charge in [0, 0.05) is 42.2 Å². The van der Waals surface area contributed by atoms with E-state index in [1.54, 1.807) is 51.1 Å². The zero-order chi connectivity index (χ0) is 31.6. The Balaban J connectivity index is 1.47. The molecule has 1 aliphatic rings. The average molecular weight is 627 g/mol. The van der Waals surface area contributed by atoms with E-state index in [0.29, 0.717) is 33.3 Å². The van der Waals surface area contributed by atoms with Gasteiger partial charge in [-0.2, -0.15) is 0 Å². The number of benzene rings is 2. The Morgan fingerprint density at radius 2 is 1.89 bits per heavy atom. The van der Waals surface area contributed by atoms with Crippen molar-refractivity contribution in [1.82, 2.24) is 19.9 Å². The molecular weight excluding hydrogens is 594 g/mol. The van der Waals surface area contributed by atoms with E-state index in [-0.39, 0.29) is 48.7 Å². The normalized spacial score (nSPS) is 17.1. The molecule has 2 aromatic carbocycles. The van der Waals surface area contributed by atoms with Crippen molar-refractivity contribution in [2.45, 2.75) is 39.4 Å². The molecule has 2 atom stereocenters. The van der Waals surface area contributed by atoms with E-state index in [1.807, 2.05) is 0 Å². The van der Waals surface area contributed by atoms with Crippen LogP contribution >= 0.6 is 0 Å². The Bertz CT molecular complexity index is 1810. The summed E-state index contributed by atoms with van der Waals surface area (Å²) in [6.45, 7) is 5.23. The number of carbonyl (C=O) groups is 1. The molecule has 0 aliphatic carbocycles. The molecule has 11 nitrogen and oxygen atoms in total. The Labute approximate surface area is 253 Å². The highest BCUT2D eigenvalue weighted by molar-refractivity contribution is 7.92. The van der Waals surface area contributed by atoms with Crippen molar-refractivity contribution in [2.24, 2.45) is 5.92 Å². The smallest absolute Gasteiger partial charge is 0.407 e. The number of ether oxygens (including phenoxy) is 1. The minimum Gasteiger partial charge on any atom is -0.465 e. The summed E-state index contributed by atoms with van der Waals surface area (Å²) in [6.07, 6.45) is 0.636. The van der Waals surface area contributed by atoms with Gasteiger partial charge in [-0.3, -0.25) is 4.72 Å². The van der Waals surface area contributed by atoms with Crippen molar-refractivity contribution in [3.63, 3.8) is 0 Å². The first-order valence-corrected chi connectivity index (χ1v) is 15.6. The Hall–Kier alpha value is -4.59. The quantitative estimate of drug-likeness (QED) is 0.209. The number of pyridine rings is 1. The second kappa shape index (κ2) is 12.6. The number of carboxylic acid groups (broad SMARTS) is 1. The number of alkyl halides is 1.